The molecule has 1 aliphatic rings. The number of aliphatic carboxylic acids is 1. The molecule has 1 aromatic heterocycles. The minimum atomic E-state index is -1.08. The molecule has 11 heteroatoms. The maximum Gasteiger partial charge on any atom is 0.305 e. The molecule has 0 radical (unpaired) electrons. The molecule has 2 unspecified atom stereocenters. The summed E-state index contributed by atoms with van der Waals surface area (Å²) in [5.74, 6) is -0.774. The number of ether oxygens (including phenoxy) is 2. The van der Waals surface area contributed by atoms with Crippen LogP contribution in [0.5, 0.6) is 11.5 Å². The predicted octanol–water partition coefficient (Wildman–Crippen LogP) is 4.71. The van der Waals surface area contributed by atoms with Gasteiger partial charge in [-0.1, -0.05) is 44.2 Å². The van der Waals surface area contributed by atoms with E-state index in [1.54, 1.807) is 36.4 Å². The fourth-order valence-corrected chi connectivity index (χ4v) is 4.74. The van der Waals surface area contributed by atoms with Gasteiger partial charge in [-0.2, -0.15) is 4.98 Å². The van der Waals surface area contributed by atoms with Crippen molar-refractivity contribution in [2.45, 2.75) is 45.2 Å². The lowest BCUT2D eigenvalue weighted by Crippen LogP contribution is -2.49. The van der Waals surface area contributed by atoms with Crippen molar-refractivity contribution < 1.29 is 33.4 Å². The molecular formula is C31H32N4O7. The van der Waals surface area contributed by atoms with Crippen molar-refractivity contribution in [3.8, 4) is 11.5 Å². The SMILES string of the molecule is CC(C)CC(NC(=O)Cc1ccc2nc(Nc3ccccc3)oc2c1)C(=O)NC(CC(=O)O)c1ccc2c(c1)OCO2. The van der Waals surface area contributed by atoms with E-state index in [-0.39, 0.29) is 31.5 Å². The summed E-state index contributed by atoms with van der Waals surface area (Å²) in [6.45, 7) is 3.96. The van der Waals surface area contributed by atoms with Crippen LogP contribution in [0.3, 0.4) is 0 Å². The van der Waals surface area contributed by atoms with Gasteiger partial charge in [-0.15, -0.1) is 0 Å². The molecule has 0 saturated carbocycles. The van der Waals surface area contributed by atoms with Gasteiger partial charge in [0.1, 0.15) is 11.6 Å². The van der Waals surface area contributed by atoms with Crippen LogP contribution >= 0.6 is 0 Å². The highest BCUT2D eigenvalue weighted by atomic mass is 16.7. The van der Waals surface area contributed by atoms with E-state index >= 15 is 0 Å². The van der Waals surface area contributed by atoms with Crippen LogP contribution < -0.4 is 25.4 Å². The molecule has 0 aliphatic carbocycles. The molecule has 218 valence electrons. The average Bonchev–Trinajstić information content (AvgIpc) is 3.58. The molecule has 0 spiro atoms. The topological polar surface area (TPSA) is 152 Å². The van der Waals surface area contributed by atoms with Gasteiger partial charge in [0.15, 0.2) is 17.1 Å². The zero-order valence-corrected chi connectivity index (χ0v) is 23.3. The van der Waals surface area contributed by atoms with E-state index in [0.717, 1.165) is 5.69 Å². The van der Waals surface area contributed by atoms with E-state index in [9.17, 15) is 19.5 Å². The van der Waals surface area contributed by atoms with Crippen molar-refractivity contribution in [1.82, 2.24) is 15.6 Å². The summed E-state index contributed by atoms with van der Waals surface area (Å²) in [7, 11) is 0. The second kappa shape index (κ2) is 12.6. The number of carbonyl (C=O) groups excluding carboxylic acids is 2. The Labute approximate surface area is 242 Å². The number of fused-ring (bicyclic) bond motifs is 2. The van der Waals surface area contributed by atoms with Crippen LogP contribution in [-0.4, -0.2) is 40.7 Å². The number of hydrogen-bond acceptors (Lipinski definition) is 8. The van der Waals surface area contributed by atoms with Crippen molar-refractivity contribution in [2.75, 3.05) is 12.1 Å². The third-order valence-electron chi connectivity index (χ3n) is 6.70. The number of anilines is 2. The van der Waals surface area contributed by atoms with Crippen LogP contribution in [0.15, 0.2) is 71.1 Å². The molecule has 0 bridgehead atoms. The van der Waals surface area contributed by atoms with Crippen LogP contribution in [0.1, 0.15) is 43.9 Å². The Kier molecular flexibility index (Phi) is 8.56. The number of carbonyl (C=O) groups is 3. The van der Waals surface area contributed by atoms with E-state index < -0.39 is 24.0 Å². The van der Waals surface area contributed by atoms with Crippen LogP contribution in [0, 0.1) is 5.92 Å². The average molecular weight is 573 g/mol. The Morgan fingerprint density at radius 3 is 2.50 bits per heavy atom. The molecule has 2 heterocycles. The van der Waals surface area contributed by atoms with E-state index in [1.165, 1.54) is 0 Å². The zero-order chi connectivity index (χ0) is 29.6. The lowest BCUT2D eigenvalue weighted by atomic mass is 9.99. The number of oxazole rings is 1. The molecule has 2 amide bonds. The van der Waals surface area contributed by atoms with Crippen LogP contribution in [0.4, 0.5) is 11.7 Å². The van der Waals surface area contributed by atoms with Crippen LogP contribution in [0.25, 0.3) is 11.1 Å². The van der Waals surface area contributed by atoms with Gasteiger partial charge in [-0.05, 0) is 59.9 Å². The number of benzene rings is 3. The number of carboxylic acid groups (broad SMARTS) is 1. The van der Waals surface area contributed by atoms with Crippen LogP contribution in [0.2, 0.25) is 0 Å². The Morgan fingerprint density at radius 2 is 1.74 bits per heavy atom. The number of para-hydroxylation sites is 1. The summed E-state index contributed by atoms with van der Waals surface area (Å²) < 4.78 is 16.6. The van der Waals surface area contributed by atoms with E-state index in [1.807, 2.05) is 44.2 Å². The van der Waals surface area contributed by atoms with Crippen molar-refractivity contribution in [3.05, 3.63) is 77.9 Å². The lowest BCUT2D eigenvalue weighted by Gasteiger charge is -2.24. The number of nitrogens with one attached hydrogen (secondary N) is 3. The van der Waals surface area contributed by atoms with Crippen molar-refractivity contribution in [3.63, 3.8) is 0 Å². The summed E-state index contributed by atoms with van der Waals surface area (Å²) in [5, 5.41) is 18.3. The normalized spacial score (nSPS) is 13.5. The van der Waals surface area contributed by atoms with Crippen LogP contribution in [-0.2, 0) is 20.8 Å². The fourth-order valence-electron chi connectivity index (χ4n) is 4.74. The van der Waals surface area contributed by atoms with E-state index in [2.05, 4.69) is 20.9 Å². The summed E-state index contributed by atoms with van der Waals surface area (Å²) in [5.41, 5.74) is 3.25. The number of aromatic nitrogens is 1. The molecule has 42 heavy (non-hydrogen) atoms. The first-order valence-electron chi connectivity index (χ1n) is 13.7. The number of hydrogen-bond donors (Lipinski definition) is 4. The summed E-state index contributed by atoms with van der Waals surface area (Å²) in [6, 6.07) is 18.5. The Morgan fingerprint density at radius 1 is 0.952 bits per heavy atom. The molecule has 0 fully saturated rings. The molecular weight excluding hydrogens is 540 g/mol. The second-order valence-electron chi connectivity index (χ2n) is 10.5. The van der Waals surface area contributed by atoms with Gasteiger partial charge in [-0.25, -0.2) is 0 Å². The highest BCUT2D eigenvalue weighted by Gasteiger charge is 2.27. The molecule has 4 N–H and O–H groups in total. The molecule has 1 aliphatic heterocycles. The first-order chi connectivity index (χ1) is 20.2. The standard InChI is InChI=1S/C31H32N4O7/c1-18(2)12-24(30(39)34-23(16-29(37)38)20-9-11-25-27(15-20)41-17-40-25)33-28(36)14-19-8-10-22-26(13-19)42-31(35-22)32-21-6-4-3-5-7-21/h3-11,13,15,18,23-24H,12,14,16-17H2,1-2H3,(H,32,35)(H,33,36)(H,34,39)(H,37,38). The smallest absolute Gasteiger partial charge is 0.305 e. The molecule has 3 aromatic carbocycles. The predicted molar refractivity (Wildman–Crippen MR) is 155 cm³/mol. The van der Waals surface area contributed by atoms with Gasteiger partial charge in [0.25, 0.3) is 6.01 Å². The van der Waals surface area contributed by atoms with Gasteiger partial charge < -0.3 is 34.9 Å². The zero-order valence-electron chi connectivity index (χ0n) is 23.3. The quantitative estimate of drug-likeness (QED) is 0.189. The molecule has 5 rings (SSSR count). The Bertz CT molecular complexity index is 1580. The second-order valence-corrected chi connectivity index (χ2v) is 10.5. The maximum atomic E-state index is 13.4. The monoisotopic (exact) mass is 572 g/mol. The number of nitrogens with zero attached hydrogens (tertiary/aromatic N) is 1. The molecule has 2 atom stereocenters. The maximum absolute atomic E-state index is 13.4. The minimum absolute atomic E-state index is 0.0146. The van der Waals surface area contributed by atoms with Crippen molar-refractivity contribution in [2.24, 2.45) is 5.92 Å². The highest BCUT2D eigenvalue weighted by Crippen LogP contribution is 2.35. The third kappa shape index (κ3) is 7.17. The summed E-state index contributed by atoms with van der Waals surface area (Å²) in [6.07, 6.45) is 0.0425. The minimum Gasteiger partial charge on any atom is -0.481 e. The molecule has 11 nitrogen and oxygen atoms in total. The first-order valence-corrected chi connectivity index (χ1v) is 13.7. The number of amides is 2. The van der Waals surface area contributed by atoms with Crippen molar-refractivity contribution in [1.29, 1.82) is 0 Å². The molecule has 4 aromatic rings. The Hall–Kier alpha value is -5.06. The van der Waals surface area contributed by atoms with E-state index in [4.69, 9.17) is 13.9 Å². The first kappa shape index (κ1) is 28.5. The van der Waals surface area contributed by atoms with Gasteiger partial charge >= 0.3 is 5.97 Å². The largest absolute Gasteiger partial charge is 0.481 e. The summed E-state index contributed by atoms with van der Waals surface area (Å²) >= 11 is 0. The van der Waals surface area contributed by atoms with E-state index in [0.29, 0.717) is 46.2 Å². The van der Waals surface area contributed by atoms with Gasteiger partial charge in [0, 0.05) is 5.69 Å². The van der Waals surface area contributed by atoms with Gasteiger partial charge in [0.2, 0.25) is 18.6 Å². The number of rotatable bonds is 12. The van der Waals surface area contributed by atoms with Crippen molar-refractivity contribution >= 4 is 40.6 Å². The molecule has 0 saturated heterocycles. The highest BCUT2D eigenvalue weighted by molar-refractivity contribution is 5.89. The Balaban J connectivity index is 1.26. The number of carboxylic acids is 1. The third-order valence-corrected chi connectivity index (χ3v) is 6.70. The van der Waals surface area contributed by atoms with Gasteiger partial charge in [0.05, 0.1) is 18.9 Å². The summed E-state index contributed by atoms with van der Waals surface area (Å²) in [4.78, 5) is 42.5. The fraction of sp³-hybridized carbons (Fsp3) is 0.290. The lowest BCUT2D eigenvalue weighted by molar-refractivity contribution is -0.138. The van der Waals surface area contributed by atoms with Gasteiger partial charge in [-0.3, -0.25) is 14.4 Å².